The molecule has 1 saturated heterocycles. The van der Waals surface area contributed by atoms with E-state index in [9.17, 15) is 14.0 Å². The van der Waals surface area contributed by atoms with Crippen LogP contribution in [0.15, 0.2) is 47.7 Å². The number of amides is 1. The number of nitrogens with one attached hydrogen (secondary N) is 2. The topological polar surface area (TPSA) is 111 Å². The van der Waals surface area contributed by atoms with Gasteiger partial charge in [-0.15, -0.1) is 0 Å². The maximum Gasteiger partial charge on any atom is 0.348 e. The summed E-state index contributed by atoms with van der Waals surface area (Å²) in [6, 6.07) is 7.31. The summed E-state index contributed by atoms with van der Waals surface area (Å²) in [7, 11) is 0. The summed E-state index contributed by atoms with van der Waals surface area (Å²) in [4.78, 5) is 28.9. The van der Waals surface area contributed by atoms with Gasteiger partial charge >= 0.3 is 5.69 Å². The van der Waals surface area contributed by atoms with E-state index in [1.54, 1.807) is 19.1 Å². The Balaban J connectivity index is 1.58. The molecule has 0 aliphatic carbocycles. The molecule has 0 saturated carbocycles. The standard InChI is InChI=1S/C20H20FN5O4/c1-13-10-22-17(26-12-24-25-19(26)28)9-16(13)18(27)23-11-20(29-7-2-8-30-20)14-3-5-15(21)6-4-14/h3-6,9-10,12H,2,7-8,11H2,1H3,(H,23,27)(H,25,28). The Bertz CT molecular complexity index is 1100. The number of hydrogen-bond donors (Lipinski definition) is 2. The molecule has 1 aliphatic heterocycles. The number of carbonyl (C=O) groups is 1. The van der Waals surface area contributed by atoms with E-state index in [1.807, 2.05) is 0 Å². The van der Waals surface area contributed by atoms with Crippen LogP contribution >= 0.6 is 0 Å². The van der Waals surface area contributed by atoms with E-state index >= 15 is 0 Å². The van der Waals surface area contributed by atoms with Gasteiger partial charge in [-0.05, 0) is 37.1 Å². The zero-order chi connectivity index (χ0) is 21.1. The van der Waals surface area contributed by atoms with Crippen molar-refractivity contribution in [2.24, 2.45) is 0 Å². The second-order valence-corrected chi connectivity index (χ2v) is 6.88. The number of ether oxygens (including phenoxy) is 2. The Morgan fingerprint density at radius 1 is 1.30 bits per heavy atom. The summed E-state index contributed by atoms with van der Waals surface area (Å²) in [5.41, 5.74) is 1.13. The molecular weight excluding hydrogens is 393 g/mol. The molecule has 3 heterocycles. The van der Waals surface area contributed by atoms with Crippen molar-refractivity contribution in [1.82, 2.24) is 25.1 Å². The predicted octanol–water partition coefficient (Wildman–Crippen LogP) is 1.42. The minimum absolute atomic E-state index is 0.0280. The molecule has 0 unspecified atom stereocenters. The quantitative estimate of drug-likeness (QED) is 0.655. The van der Waals surface area contributed by atoms with Gasteiger partial charge in [0.05, 0.1) is 19.8 Å². The Kier molecular flexibility index (Phi) is 5.42. The lowest BCUT2D eigenvalue weighted by molar-refractivity contribution is -0.271. The molecule has 1 amide bonds. The van der Waals surface area contributed by atoms with Crippen molar-refractivity contribution in [2.75, 3.05) is 19.8 Å². The van der Waals surface area contributed by atoms with Gasteiger partial charge in [0.15, 0.2) is 0 Å². The van der Waals surface area contributed by atoms with Crippen molar-refractivity contribution in [2.45, 2.75) is 19.1 Å². The van der Waals surface area contributed by atoms with Crippen molar-refractivity contribution in [3.8, 4) is 5.82 Å². The van der Waals surface area contributed by atoms with Crippen molar-refractivity contribution in [1.29, 1.82) is 0 Å². The first-order valence-corrected chi connectivity index (χ1v) is 9.40. The lowest BCUT2D eigenvalue weighted by Gasteiger charge is -2.37. The van der Waals surface area contributed by atoms with Gasteiger partial charge in [-0.1, -0.05) is 12.1 Å². The maximum atomic E-state index is 13.4. The van der Waals surface area contributed by atoms with E-state index < -0.39 is 11.5 Å². The number of carbonyl (C=O) groups excluding carboxylic acids is 1. The molecule has 0 atom stereocenters. The van der Waals surface area contributed by atoms with Crippen molar-refractivity contribution in [3.05, 3.63) is 75.8 Å². The maximum absolute atomic E-state index is 13.4. The van der Waals surface area contributed by atoms with Crippen LogP contribution in [0.25, 0.3) is 5.82 Å². The van der Waals surface area contributed by atoms with E-state index in [0.717, 1.165) is 6.42 Å². The van der Waals surface area contributed by atoms with Crippen molar-refractivity contribution >= 4 is 5.91 Å². The molecule has 9 nitrogen and oxygen atoms in total. The summed E-state index contributed by atoms with van der Waals surface area (Å²) >= 11 is 0. The fraction of sp³-hybridized carbons (Fsp3) is 0.300. The van der Waals surface area contributed by atoms with Crippen LogP contribution in [0, 0.1) is 12.7 Å². The van der Waals surface area contributed by atoms with Crippen LogP contribution in [-0.4, -0.2) is 45.4 Å². The zero-order valence-corrected chi connectivity index (χ0v) is 16.2. The molecule has 30 heavy (non-hydrogen) atoms. The van der Waals surface area contributed by atoms with Crippen LogP contribution in [0.2, 0.25) is 0 Å². The lowest BCUT2D eigenvalue weighted by atomic mass is 10.0. The number of benzene rings is 1. The van der Waals surface area contributed by atoms with Crippen LogP contribution in [0.5, 0.6) is 0 Å². The van der Waals surface area contributed by atoms with Gasteiger partial charge in [-0.3, -0.25) is 4.79 Å². The normalized spacial score (nSPS) is 15.7. The van der Waals surface area contributed by atoms with Crippen LogP contribution in [-0.2, 0) is 15.3 Å². The molecule has 10 heteroatoms. The van der Waals surface area contributed by atoms with Crippen molar-refractivity contribution in [3.63, 3.8) is 0 Å². The first-order chi connectivity index (χ1) is 14.5. The summed E-state index contributed by atoms with van der Waals surface area (Å²) in [5.74, 6) is -1.69. The van der Waals surface area contributed by atoms with E-state index in [2.05, 4.69) is 20.5 Å². The lowest BCUT2D eigenvalue weighted by Crippen LogP contribution is -2.47. The Labute approximate surface area is 170 Å². The smallest absolute Gasteiger partial charge is 0.346 e. The fourth-order valence-electron chi connectivity index (χ4n) is 3.24. The fourth-order valence-corrected chi connectivity index (χ4v) is 3.24. The van der Waals surface area contributed by atoms with Gasteiger partial charge in [0, 0.05) is 17.3 Å². The van der Waals surface area contributed by atoms with Gasteiger partial charge < -0.3 is 14.8 Å². The highest BCUT2D eigenvalue weighted by molar-refractivity contribution is 5.96. The van der Waals surface area contributed by atoms with E-state index in [1.165, 1.54) is 35.3 Å². The molecule has 2 N–H and O–H groups in total. The molecule has 0 spiro atoms. The molecule has 4 rings (SSSR count). The van der Waals surface area contributed by atoms with Crippen LogP contribution in [0.1, 0.15) is 27.9 Å². The molecule has 156 valence electrons. The molecule has 1 aromatic carbocycles. The number of nitrogens with zero attached hydrogens (tertiary/aromatic N) is 3. The Morgan fingerprint density at radius 3 is 2.70 bits per heavy atom. The number of hydrogen-bond acceptors (Lipinski definition) is 6. The van der Waals surface area contributed by atoms with Gasteiger partial charge in [0.25, 0.3) is 5.91 Å². The van der Waals surface area contributed by atoms with Gasteiger partial charge in [0.2, 0.25) is 5.79 Å². The number of aromatic nitrogens is 4. The predicted molar refractivity (Wildman–Crippen MR) is 104 cm³/mol. The Morgan fingerprint density at radius 2 is 2.03 bits per heavy atom. The van der Waals surface area contributed by atoms with Crippen LogP contribution < -0.4 is 11.0 Å². The highest BCUT2D eigenvalue weighted by Gasteiger charge is 2.37. The Hall–Kier alpha value is -3.37. The molecule has 0 bridgehead atoms. The summed E-state index contributed by atoms with van der Waals surface area (Å²) in [6.45, 7) is 2.68. The SMILES string of the molecule is Cc1cnc(-n2cn[nH]c2=O)cc1C(=O)NCC1(c2ccc(F)cc2)OCCCO1. The summed E-state index contributed by atoms with van der Waals surface area (Å²) in [6.07, 6.45) is 3.52. The minimum Gasteiger partial charge on any atom is -0.346 e. The molecule has 1 fully saturated rings. The van der Waals surface area contributed by atoms with Gasteiger partial charge in [-0.25, -0.2) is 23.8 Å². The largest absolute Gasteiger partial charge is 0.348 e. The highest BCUT2D eigenvalue weighted by Crippen LogP contribution is 2.30. The van der Waals surface area contributed by atoms with E-state index in [4.69, 9.17) is 9.47 Å². The second kappa shape index (κ2) is 8.17. The third-order valence-electron chi connectivity index (χ3n) is 4.86. The first kappa shape index (κ1) is 19.9. The third-order valence-corrected chi connectivity index (χ3v) is 4.86. The molecular formula is C20H20FN5O4. The highest BCUT2D eigenvalue weighted by atomic mass is 19.1. The monoisotopic (exact) mass is 413 g/mol. The van der Waals surface area contributed by atoms with Crippen molar-refractivity contribution < 1.29 is 18.7 Å². The zero-order valence-electron chi connectivity index (χ0n) is 16.2. The van der Waals surface area contributed by atoms with Crippen LogP contribution in [0.3, 0.4) is 0 Å². The molecule has 2 aromatic heterocycles. The number of aryl methyl sites for hydroxylation is 1. The average Bonchev–Trinajstić information content (AvgIpc) is 3.19. The van der Waals surface area contributed by atoms with Gasteiger partial charge in [-0.2, -0.15) is 5.10 Å². The summed E-state index contributed by atoms with van der Waals surface area (Å²) < 4.78 is 26.3. The number of H-pyrrole nitrogens is 1. The molecule has 3 aromatic rings. The number of pyridine rings is 1. The second-order valence-electron chi connectivity index (χ2n) is 6.88. The summed E-state index contributed by atoms with van der Waals surface area (Å²) in [5, 5.41) is 8.78. The first-order valence-electron chi connectivity index (χ1n) is 9.40. The van der Waals surface area contributed by atoms with Gasteiger partial charge in [0.1, 0.15) is 18.0 Å². The van der Waals surface area contributed by atoms with E-state index in [-0.39, 0.29) is 24.1 Å². The van der Waals surface area contributed by atoms with Crippen LogP contribution in [0.4, 0.5) is 4.39 Å². The molecule has 1 aliphatic rings. The molecule has 0 radical (unpaired) electrons. The third kappa shape index (κ3) is 3.87. The number of aromatic amines is 1. The number of halogens is 1. The number of rotatable bonds is 5. The minimum atomic E-state index is -1.20. The average molecular weight is 413 g/mol. The van der Waals surface area contributed by atoms with E-state index in [0.29, 0.717) is 29.9 Å².